The lowest BCUT2D eigenvalue weighted by molar-refractivity contribution is 0.374. The number of hydrogen-bond acceptors (Lipinski definition) is 6. The van der Waals surface area contributed by atoms with Crippen LogP contribution in [-0.4, -0.2) is 24.9 Å². The molecule has 0 saturated heterocycles. The highest BCUT2D eigenvalue weighted by Gasteiger charge is 2.20. The zero-order valence-electron chi connectivity index (χ0n) is 9.78. The molecule has 0 aliphatic heterocycles. The van der Waals surface area contributed by atoms with Crippen molar-refractivity contribution in [2.75, 3.05) is 6.26 Å². The summed E-state index contributed by atoms with van der Waals surface area (Å²) < 4.78 is 27.4. The first kappa shape index (κ1) is 12.7. The van der Waals surface area contributed by atoms with Crippen molar-refractivity contribution in [2.45, 2.75) is 17.7 Å². The summed E-state index contributed by atoms with van der Waals surface area (Å²) in [5.74, 6) is 0.124. The Labute approximate surface area is 105 Å². The molecular formula is C11H13N3O3S. The molecule has 0 spiro atoms. The number of hydrogen-bond donors (Lipinski definition) is 1. The van der Waals surface area contributed by atoms with Crippen LogP contribution in [0.1, 0.15) is 17.5 Å². The van der Waals surface area contributed by atoms with Gasteiger partial charge in [0.2, 0.25) is 15.7 Å². The first-order valence-corrected chi connectivity index (χ1v) is 7.19. The van der Waals surface area contributed by atoms with E-state index in [1.54, 1.807) is 0 Å². The lowest BCUT2D eigenvalue weighted by Gasteiger charge is -2.06. The minimum absolute atomic E-state index is 0.124. The summed E-state index contributed by atoms with van der Waals surface area (Å²) >= 11 is 0. The third-order valence-electron chi connectivity index (χ3n) is 2.35. The van der Waals surface area contributed by atoms with Gasteiger partial charge in [-0.1, -0.05) is 35.4 Å². The molecule has 7 heteroatoms. The molecule has 0 radical (unpaired) electrons. The highest BCUT2D eigenvalue weighted by atomic mass is 32.2. The minimum Gasteiger partial charge on any atom is -0.411 e. The van der Waals surface area contributed by atoms with Gasteiger partial charge in [-0.3, -0.25) is 0 Å². The maximum absolute atomic E-state index is 11.2. The summed E-state index contributed by atoms with van der Waals surface area (Å²) in [5.41, 5.74) is 6.91. The zero-order valence-corrected chi connectivity index (χ0v) is 10.6. The Bertz CT molecular complexity index is 622. The van der Waals surface area contributed by atoms with Gasteiger partial charge >= 0.3 is 5.22 Å². The third kappa shape index (κ3) is 2.93. The maximum atomic E-state index is 11.2. The average molecular weight is 267 g/mol. The van der Waals surface area contributed by atoms with Gasteiger partial charge in [-0.2, -0.15) is 0 Å². The van der Waals surface area contributed by atoms with Crippen LogP contribution in [0.2, 0.25) is 0 Å². The number of rotatable bonds is 4. The smallest absolute Gasteiger partial charge is 0.335 e. The van der Waals surface area contributed by atoms with Crippen molar-refractivity contribution < 1.29 is 12.8 Å². The quantitative estimate of drug-likeness (QED) is 0.876. The topological polar surface area (TPSA) is 99.1 Å². The fourth-order valence-electron chi connectivity index (χ4n) is 1.48. The molecule has 1 aromatic heterocycles. The van der Waals surface area contributed by atoms with Crippen LogP contribution in [0, 0.1) is 0 Å². The number of aromatic nitrogens is 2. The van der Waals surface area contributed by atoms with E-state index in [0.717, 1.165) is 11.8 Å². The van der Waals surface area contributed by atoms with Crippen molar-refractivity contribution >= 4 is 9.84 Å². The van der Waals surface area contributed by atoms with Gasteiger partial charge < -0.3 is 10.2 Å². The lowest BCUT2D eigenvalue weighted by atomic mass is 10.1. The summed E-state index contributed by atoms with van der Waals surface area (Å²) in [4.78, 5) is 0. The van der Waals surface area contributed by atoms with Crippen LogP contribution in [-0.2, 0) is 16.3 Å². The molecule has 0 bridgehead atoms. The van der Waals surface area contributed by atoms with Crippen LogP contribution in [0.5, 0.6) is 0 Å². The molecule has 18 heavy (non-hydrogen) atoms. The van der Waals surface area contributed by atoms with Gasteiger partial charge in [0.1, 0.15) is 0 Å². The third-order valence-corrected chi connectivity index (χ3v) is 3.15. The van der Waals surface area contributed by atoms with E-state index in [-0.39, 0.29) is 5.89 Å². The Hall–Kier alpha value is -1.73. The molecule has 0 fully saturated rings. The van der Waals surface area contributed by atoms with Crippen LogP contribution >= 0.6 is 0 Å². The van der Waals surface area contributed by atoms with E-state index >= 15 is 0 Å². The van der Waals surface area contributed by atoms with E-state index in [9.17, 15) is 8.42 Å². The number of sulfone groups is 1. The van der Waals surface area contributed by atoms with Crippen molar-refractivity contribution in [2.24, 2.45) is 5.73 Å². The molecule has 6 nitrogen and oxygen atoms in total. The first-order chi connectivity index (χ1) is 8.47. The largest absolute Gasteiger partial charge is 0.411 e. The molecule has 1 heterocycles. The van der Waals surface area contributed by atoms with Crippen LogP contribution in [0.25, 0.3) is 0 Å². The number of benzene rings is 1. The highest BCUT2D eigenvalue weighted by molar-refractivity contribution is 7.90. The monoisotopic (exact) mass is 267 g/mol. The van der Waals surface area contributed by atoms with Crippen LogP contribution in [0.4, 0.5) is 0 Å². The molecule has 0 amide bonds. The molecule has 1 aromatic carbocycles. The van der Waals surface area contributed by atoms with Gasteiger partial charge in [0, 0.05) is 6.26 Å². The van der Waals surface area contributed by atoms with Gasteiger partial charge in [-0.25, -0.2) is 8.42 Å². The fraction of sp³-hybridized carbons (Fsp3) is 0.273. The van der Waals surface area contributed by atoms with E-state index in [0.29, 0.717) is 6.42 Å². The van der Waals surface area contributed by atoms with E-state index in [1.165, 1.54) is 0 Å². The summed E-state index contributed by atoms with van der Waals surface area (Å²) in [7, 11) is -3.48. The van der Waals surface area contributed by atoms with E-state index in [1.807, 2.05) is 30.3 Å². The molecule has 2 N–H and O–H groups in total. The van der Waals surface area contributed by atoms with Gasteiger partial charge in [0.15, 0.2) is 0 Å². The van der Waals surface area contributed by atoms with Crippen molar-refractivity contribution in [3.05, 3.63) is 41.8 Å². The highest BCUT2D eigenvalue weighted by Crippen LogP contribution is 2.16. The minimum atomic E-state index is -3.48. The average Bonchev–Trinajstić information content (AvgIpc) is 2.79. The van der Waals surface area contributed by atoms with E-state index in [4.69, 9.17) is 10.2 Å². The van der Waals surface area contributed by atoms with Crippen molar-refractivity contribution in [1.82, 2.24) is 10.2 Å². The second kappa shape index (κ2) is 4.87. The van der Waals surface area contributed by atoms with Crippen LogP contribution < -0.4 is 5.73 Å². The standard InChI is InChI=1S/C11H13N3O3S/c1-18(15,16)11-14-13-10(17-11)9(12)7-8-5-3-2-4-6-8/h2-6,9H,7,12H2,1H3/t9-/m0/s1. The Morgan fingerprint density at radius 1 is 1.28 bits per heavy atom. The van der Waals surface area contributed by atoms with Crippen molar-refractivity contribution in [3.8, 4) is 0 Å². The predicted molar refractivity (Wildman–Crippen MR) is 64.5 cm³/mol. The first-order valence-electron chi connectivity index (χ1n) is 5.30. The summed E-state index contributed by atoms with van der Waals surface area (Å²) in [6.45, 7) is 0. The molecule has 0 aliphatic carbocycles. The Kier molecular flexibility index (Phi) is 3.44. The predicted octanol–water partition coefficient (Wildman–Crippen LogP) is 0.716. The van der Waals surface area contributed by atoms with Gasteiger partial charge in [0.05, 0.1) is 6.04 Å². The fourth-order valence-corrected chi connectivity index (χ4v) is 1.90. The summed E-state index contributed by atoms with van der Waals surface area (Å²) in [5, 5.41) is 6.72. The molecule has 0 saturated carbocycles. The SMILES string of the molecule is CS(=O)(=O)c1nnc([C@@H](N)Cc2ccccc2)o1. The zero-order chi connectivity index (χ0) is 13.2. The van der Waals surface area contributed by atoms with Gasteiger partial charge in [-0.05, 0) is 12.0 Å². The van der Waals surface area contributed by atoms with Crippen molar-refractivity contribution in [1.29, 1.82) is 0 Å². The molecule has 0 aliphatic rings. The molecule has 1 atom stereocenters. The Morgan fingerprint density at radius 3 is 2.50 bits per heavy atom. The molecular weight excluding hydrogens is 254 g/mol. The van der Waals surface area contributed by atoms with Gasteiger partial charge in [0.25, 0.3) is 0 Å². The molecule has 96 valence electrons. The normalized spacial score (nSPS) is 13.4. The Balaban J connectivity index is 2.15. The Morgan fingerprint density at radius 2 is 1.94 bits per heavy atom. The molecule has 2 rings (SSSR count). The maximum Gasteiger partial charge on any atom is 0.335 e. The van der Waals surface area contributed by atoms with Gasteiger partial charge in [-0.15, -0.1) is 5.10 Å². The second-order valence-corrected chi connectivity index (χ2v) is 5.87. The second-order valence-electron chi connectivity index (χ2n) is 3.97. The lowest BCUT2D eigenvalue weighted by Crippen LogP contribution is -2.13. The molecule has 2 aromatic rings. The van der Waals surface area contributed by atoms with E-state index < -0.39 is 21.1 Å². The molecule has 0 unspecified atom stereocenters. The van der Waals surface area contributed by atoms with Crippen LogP contribution in [0.15, 0.2) is 40.0 Å². The number of nitrogens with zero attached hydrogens (tertiary/aromatic N) is 2. The summed E-state index contributed by atoms with van der Waals surface area (Å²) in [6, 6.07) is 9.04. The summed E-state index contributed by atoms with van der Waals surface area (Å²) in [6.07, 6.45) is 1.51. The van der Waals surface area contributed by atoms with Crippen molar-refractivity contribution in [3.63, 3.8) is 0 Å². The van der Waals surface area contributed by atoms with Crippen LogP contribution in [0.3, 0.4) is 0 Å². The number of nitrogens with two attached hydrogens (primary N) is 1. The van der Waals surface area contributed by atoms with E-state index in [2.05, 4.69) is 10.2 Å².